The topological polar surface area (TPSA) is 32.3 Å². The van der Waals surface area contributed by atoms with Gasteiger partial charge in [-0.25, -0.2) is 0 Å². The van der Waals surface area contributed by atoms with Crippen molar-refractivity contribution in [2.45, 2.75) is 37.8 Å². The third kappa shape index (κ3) is 2.77. The van der Waals surface area contributed by atoms with Crippen molar-refractivity contribution >= 4 is 17.5 Å². The van der Waals surface area contributed by atoms with Gasteiger partial charge in [0.2, 0.25) is 0 Å². The van der Waals surface area contributed by atoms with Crippen molar-refractivity contribution in [2.75, 3.05) is 13.1 Å². The molecule has 2 atom stereocenters. The Morgan fingerprint density at radius 3 is 3.00 bits per heavy atom. The predicted octanol–water partition coefficient (Wildman–Crippen LogP) is 2.70. The molecule has 3 rings (SSSR count). The average molecular weight is 279 g/mol. The van der Waals surface area contributed by atoms with Crippen LogP contribution in [0.5, 0.6) is 0 Å². The lowest BCUT2D eigenvalue weighted by molar-refractivity contribution is 0.0915. The smallest absolute Gasteiger partial charge is 0.251 e. The maximum Gasteiger partial charge on any atom is 0.251 e. The van der Waals surface area contributed by atoms with Gasteiger partial charge in [-0.2, -0.15) is 0 Å². The van der Waals surface area contributed by atoms with E-state index < -0.39 is 0 Å². The second-order valence-electron chi connectivity index (χ2n) is 5.48. The molecule has 2 heterocycles. The fourth-order valence-corrected chi connectivity index (χ4v) is 3.49. The fraction of sp³-hybridized carbons (Fsp3) is 0.533. The minimum atomic E-state index is -0.0000709. The number of rotatable bonds is 2. The van der Waals surface area contributed by atoms with Gasteiger partial charge in [0.05, 0.1) is 0 Å². The Bertz CT molecular complexity index is 477. The van der Waals surface area contributed by atoms with Crippen LogP contribution in [0.3, 0.4) is 0 Å². The Morgan fingerprint density at radius 2 is 2.16 bits per heavy atom. The summed E-state index contributed by atoms with van der Waals surface area (Å²) in [4.78, 5) is 14.8. The van der Waals surface area contributed by atoms with E-state index in [-0.39, 0.29) is 5.91 Å². The lowest BCUT2D eigenvalue weighted by atomic mass is 9.99. The Balaban J connectivity index is 1.66. The van der Waals surface area contributed by atoms with Crippen LogP contribution in [0.25, 0.3) is 0 Å². The van der Waals surface area contributed by atoms with Crippen molar-refractivity contribution in [3.63, 3.8) is 0 Å². The number of halogens is 1. The average Bonchev–Trinajstić information content (AvgIpc) is 2.82. The molecule has 1 N–H and O–H groups in total. The number of piperidine rings is 1. The van der Waals surface area contributed by atoms with E-state index in [2.05, 4.69) is 10.2 Å². The molecule has 2 fully saturated rings. The van der Waals surface area contributed by atoms with Gasteiger partial charge < -0.3 is 5.32 Å². The van der Waals surface area contributed by atoms with E-state index in [1.807, 2.05) is 12.1 Å². The minimum Gasteiger partial charge on any atom is -0.348 e. The Kier molecular flexibility index (Phi) is 3.76. The molecule has 3 nitrogen and oxygen atoms in total. The highest BCUT2D eigenvalue weighted by atomic mass is 35.5. The molecule has 0 saturated carbocycles. The van der Waals surface area contributed by atoms with Crippen molar-refractivity contribution in [3.8, 4) is 0 Å². The molecule has 0 spiro atoms. The summed E-state index contributed by atoms with van der Waals surface area (Å²) < 4.78 is 0. The second kappa shape index (κ2) is 5.51. The molecule has 2 aliphatic heterocycles. The molecule has 0 aromatic heterocycles. The highest BCUT2D eigenvalue weighted by Crippen LogP contribution is 2.27. The molecule has 2 saturated heterocycles. The molecule has 1 aromatic carbocycles. The first kappa shape index (κ1) is 12.9. The Labute approximate surface area is 118 Å². The molecule has 102 valence electrons. The van der Waals surface area contributed by atoms with Crippen molar-refractivity contribution in [1.29, 1.82) is 0 Å². The van der Waals surface area contributed by atoms with Crippen molar-refractivity contribution in [2.24, 2.45) is 0 Å². The van der Waals surface area contributed by atoms with E-state index in [1.54, 1.807) is 12.1 Å². The van der Waals surface area contributed by atoms with Gasteiger partial charge in [0.25, 0.3) is 5.91 Å². The van der Waals surface area contributed by atoms with Crippen LogP contribution in [0.4, 0.5) is 0 Å². The third-order valence-electron chi connectivity index (χ3n) is 4.26. The van der Waals surface area contributed by atoms with Crippen LogP contribution in [-0.2, 0) is 0 Å². The maximum absolute atomic E-state index is 12.2. The minimum absolute atomic E-state index is 0.0000709. The van der Waals surface area contributed by atoms with Gasteiger partial charge in [-0.3, -0.25) is 9.69 Å². The number of hydrogen-bond donors (Lipinski definition) is 1. The van der Waals surface area contributed by atoms with Crippen LogP contribution in [0.1, 0.15) is 36.0 Å². The number of amides is 1. The van der Waals surface area contributed by atoms with E-state index in [1.165, 1.54) is 25.8 Å². The van der Waals surface area contributed by atoms with Crippen LogP contribution >= 0.6 is 11.6 Å². The van der Waals surface area contributed by atoms with Crippen LogP contribution in [0, 0.1) is 0 Å². The Morgan fingerprint density at radius 1 is 1.26 bits per heavy atom. The summed E-state index contributed by atoms with van der Waals surface area (Å²) in [7, 11) is 0. The number of hydrogen-bond acceptors (Lipinski definition) is 2. The number of nitrogens with one attached hydrogen (secondary N) is 1. The SMILES string of the molecule is O=C(N[C@@H]1CCN2CCCC[C@@H]12)c1cccc(Cl)c1. The summed E-state index contributed by atoms with van der Waals surface area (Å²) in [5, 5.41) is 3.79. The van der Waals surface area contributed by atoms with Crippen LogP contribution in [-0.4, -0.2) is 36.0 Å². The molecule has 19 heavy (non-hydrogen) atoms. The second-order valence-corrected chi connectivity index (χ2v) is 5.91. The van der Waals surface area contributed by atoms with E-state index >= 15 is 0 Å². The zero-order valence-corrected chi connectivity index (χ0v) is 11.7. The van der Waals surface area contributed by atoms with Crippen molar-refractivity contribution in [3.05, 3.63) is 34.9 Å². The van der Waals surface area contributed by atoms with Gasteiger partial charge in [-0.15, -0.1) is 0 Å². The standard InChI is InChI=1S/C15H19ClN2O/c16-12-5-3-4-11(10-12)15(19)17-13-7-9-18-8-2-1-6-14(13)18/h3-5,10,13-14H,1-2,6-9H2,(H,17,19)/t13-,14+/m1/s1. The summed E-state index contributed by atoms with van der Waals surface area (Å²) in [6.07, 6.45) is 4.85. The molecular formula is C15H19ClN2O. The van der Waals surface area contributed by atoms with Crippen molar-refractivity contribution < 1.29 is 4.79 Å². The quantitative estimate of drug-likeness (QED) is 0.902. The Hall–Kier alpha value is -1.06. The summed E-state index contributed by atoms with van der Waals surface area (Å²) >= 11 is 5.93. The zero-order valence-electron chi connectivity index (χ0n) is 10.9. The largest absolute Gasteiger partial charge is 0.348 e. The highest BCUT2D eigenvalue weighted by molar-refractivity contribution is 6.30. The molecule has 0 bridgehead atoms. The normalized spacial score (nSPS) is 27.0. The van der Waals surface area contributed by atoms with E-state index in [4.69, 9.17) is 11.6 Å². The first-order valence-electron chi connectivity index (χ1n) is 7.04. The van der Waals surface area contributed by atoms with Gasteiger partial charge in [0.15, 0.2) is 0 Å². The number of benzene rings is 1. The fourth-order valence-electron chi connectivity index (χ4n) is 3.30. The zero-order chi connectivity index (χ0) is 13.2. The van der Waals surface area contributed by atoms with E-state index in [0.717, 1.165) is 13.0 Å². The highest BCUT2D eigenvalue weighted by Gasteiger charge is 2.36. The van der Waals surface area contributed by atoms with E-state index in [0.29, 0.717) is 22.7 Å². The number of carbonyl (C=O) groups is 1. The summed E-state index contributed by atoms with van der Waals surface area (Å²) in [5.74, 6) is -0.0000709. The van der Waals surface area contributed by atoms with Gasteiger partial charge in [-0.05, 0) is 44.0 Å². The van der Waals surface area contributed by atoms with Gasteiger partial charge in [-0.1, -0.05) is 24.1 Å². The molecule has 0 unspecified atom stereocenters. The predicted molar refractivity (Wildman–Crippen MR) is 76.5 cm³/mol. The van der Waals surface area contributed by atoms with Gasteiger partial charge in [0.1, 0.15) is 0 Å². The summed E-state index contributed by atoms with van der Waals surface area (Å²) in [5.41, 5.74) is 0.654. The molecule has 1 amide bonds. The van der Waals surface area contributed by atoms with Crippen LogP contribution in [0.2, 0.25) is 5.02 Å². The molecule has 1 aromatic rings. The first-order valence-corrected chi connectivity index (χ1v) is 7.42. The third-order valence-corrected chi connectivity index (χ3v) is 4.49. The first-order chi connectivity index (χ1) is 9.24. The lowest BCUT2D eigenvalue weighted by Crippen LogP contribution is -2.46. The lowest BCUT2D eigenvalue weighted by Gasteiger charge is -2.32. The molecule has 2 aliphatic rings. The van der Waals surface area contributed by atoms with Gasteiger partial charge in [0, 0.05) is 29.2 Å². The van der Waals surface area contributed by atoms with Gasteiger partial charge >= 0.3 is 0 Å². The van der Waals surface area contributed by atoms with Crippen LogP contribution < -0.4 is 5.32 Å². The summed E-state index contributed by atoms with van der Waals surface area (Å²) in [6.45, 7) is 2.30. The number of carbonyl (C=O) groups excluding carboxylic acids is 1. The molecular weight excluding hydrogens is 260 g/mol. The van der Waals surface area contributed by atoms with E-state index in [9.17, 15) is 4.79 Å². The van der Waals surface area contributed by atoms with Crippen molar-refractivity contribution in [1.82, 2.24) is 10.2 Å². The summed E-state index contributed by atoms with van der Waals surface area (Å²) in [6, 6.07) is 7.98. The maximum atomic E-state index is 12.2. The molecule has 0 aliphatic carbocycles. The number of nitrogens with zero attached hydrogens (tertiary/aromatic N) is 1. The molecule has 4 heteroatoms. The molecule has 0 radical (unpaired) electrons. The number of fused-ring (bicyclic) bond motifs is 1. The monoisotopic (exact) mass is 278 g/mol. The van der Waals surface area contributed by atoms with Crippen LogP contribution in [0.15, 0.2) is 24.3 Å².